The lowest BCUT2D eigenvalue weighted by Crippen LogP contribution is -2.22. The number of hydrogen-bond donors (Lipinski definition) is 1. The van der Waals surface area contributed by atoms with Crippen molar-refractivity contribution >= 4 is 0 Å². The van der Waals surface area contributed by atoms with Gasteiger partial charge in [-0.05, 0) is 43.1 Å². The average Bonchev–Trinajstić information content (AvgIpc) is 2.20. The van der Waals surface area contributed by atoms with Crippen LogP contribution in [-0.2, 0) is 6.42 Å². The Morgan fingerprint density at radius 2 is 1.69 bits per heavy atom. The molecule has 0 bridgehead atoms. The Hall–Kier alpha value is -1.03. The maximum absolute atomic E-state index is 12.8. The monoisotopic (exact) mass is 231 g/mol. The molecule has 0 aliphatic heterocycles. The van der Waals surface area contributed by atoms with Gasteiger partial charge < -0.3 is 5.32 Å². The highest BCUT2D eigenvalue weighted by Crippen LogP contribution is 2.13. The summed E-state index contributed by atoms with van der Waals surface area (Å²) in [5.41, 5.74) is 0.465. The molecule has 1 rings (SSSR count). The highest BCUT2D eigenvalue weighted by molar-refractivity contribution is 5.19. The first-order valence-electron chi connectivity index (χ1n) is 5.35. The van der Waals surface area contributed by atoms with E-state index in [2.05, 4.69) is 19.2 Å². The van der Waals surface area contributed by atoms with Crippen LogP contribution in [0.5, 0.6) is 0 Å². The van der Waals surface area contributed by atoms with Gasteiger partial charge in [0.15, 0.2) is 17.5 Å². The van der Waals surface area contributed by atoms with E-state index in [4.69, 9.17) is 0 Å². The molecule has 1 N–H and O–H groups in total. The van der Waals surface area contributed by atoms with Crippen molar-refractivity contribution < 1.29 is 13.2 Å². The molecule has 0 fully saturated rings. The molecule has 0 radical (unpaired) electrons. The molecule has 4 heteroatoms. The van der Waals surface area contributed by atoms with Gasteiger partial charge in [-0.1, -0.05) is 13.8 Å². The van der Waals surface area contributed by atoms with Crippen LogP contribution in [-0.4, -0.2) is 13.1 Å². The molecular formula is C12H16F3N. The van der Waals surface area contributed by atoms with E-state index in [1.165, 1.54) is 0 Å². The van der Waals surface area contributed by atoms with Crippen LogP contribution in [0.15, 0.2) is 12.1 Å². The fourth-order valence-electron chi connectivity index (χ4n) is 1.38. The second kappa shape index (κ2) is 5.89. The molecular weight excluding hydrogens is 215 g/mol. The standard InChI is InChI=1S/C12H16F3N/c1-8(2)7-16-4-3-9-5-10(13)12(15)11(14)6-9/h5-6,8,16H,3-4,7H2,1-2H3. The van der Waals surface area contributed by atoms with Crippen LogP contribution in [0.2, 0.25) is 0 Å². The Morgan fingerprint density at radius 1 is 1.12 bits per heavy atom. The van der Waals surface area contributed by atoms with Gasteiger partial charge >= 0.3 is 0 Å². The summed E-state index contributed by atoms with van der Waals surface area (Å²) in [6.07, 6.45) is 0.487. The number of hydrogen-bond acceptors (Lipinski definition) is 1. The number of nitrogens with one attached hydrogen (secondary N) is 1. The van der Waals surface area contributed by atoms with Gasteiger partial charge in [-0.3, -0.25) is 0 Å². The van der Waals surface area contributed by atoms with Gasteiger partial charge in [-0.2, -0.15) is 0 Å². The topological polar surface area (TPSA) is 12.0 Å². The fraction of sp³-hybridized carbons (Fsp3) is 0.500. The van der Waals surface area contributed by atoms with Crippen LogP contribution < -0.4 is 5.32 Å². The van der Waals surface area contributed by atoms with Gasteiger partial charge in [-0.15, -0.1) is 0 Å². The van der Waals surface area contributed by atoms with Crippen molar-refractivity contribution in [1.29, 1.82) is 0 Å². The van der Waals surface area contributed by atoms with E-state index < -0.39 is 17.5 Å². The van der Waals surface area contributed by atoms with Gasteiger partial charge in [0.1, 0.15) is 0 Å². The first-order valence-corrected chi connectivity index (χ1v) is 5.35. The summed E-state index contributed by atoms with van der Waals surface area (Å²) < 4.78 is 38.3. The Morgan fingerprint density at radius 3 is 2.19 bits per heavy atom. The van der Waals surface area contributed by atoms with E-state index in [-0.39, 0.29) is 0 Å². The van der Waals surface area contributed by atoms with Crippen LogP contribution in [0.3, 0.4) is 0 Å². The Balaban J connectivity index is 2.49. The summed E-state index contributed by atoms with van der Waals surface area (Å²) in [5, 5.41) is 3.15. The smallest absolute Gasteiger partial charge is 0.194 e. The molecule has 0 atom stereocenters. The van der Waals surface area contributed by atoms with Crippen LogP contribution in [0.4, 0.5) is 13.2 Å². The minimum atomic E-state index is -1.40. The van der Waals surface area contributed by atoms with Crippen molar-refractivity contribution in [3.05, 3.63) is 35.1 Å². The zero-order valence-electron chi connectivity index (χ0n) is 9.49. The highest BCUT2D eigenvalue weighted by Gasteiger charge is 2.09. The third kappa shape index (κ3) is 3.85. The molecule has 16 heavy (non-hydrogen) atoms. The normalized spacial score (nSPS) is 11.1. The van der Waals surface area contributed by atoms with Gasteiger partial charge in [0.05, 0.1) is 0 Å². The SMILES string of the molecule is CC(C)CNCCc1cc(F)c(F)c(F)c1. The number of halogens is 3. The van der Waals surface area contributed by atoms with Gasteiger partial charge in [0.25, 0.3) is 0 Å². The fourth-order valence-corrected chi connectivity index (χ4v) is 1.38. The third-order valence-corrected chi connectivity index (χ3v) is 2.19. The lowest BCUT2D eigenvalue weighted by Gasteiger charge is -2.07. The molecule has 0 saturated carbocycles. The summed E-state index contributed by atoms with van der Waals surface area (Å²) in [6, 6.07) is 2.07. The zero-order chi connectivity index (χ0) is 12.1. The largest absolute Gasteiger partial charge is 0.316 e. The van der Waals surface area contributed by atoms with E-state index in [1.807, 2.05) is 0 Å². The Kier molecular flexibility index (Phi) is 4.80. The minimum absolute atomic E-state index is 0.465. The second-order valence-corrected chi connectivity index (χ2v) is 4.22. The summed E-state index contributed by atoms with van der Waals surface area (Å²) >= 11 is 0. The molecule has 0 spiro atoms. The van der Waals surface area contributed by atoms with Gasteiger partial charge in [0.2, 0.25) is 0 Å². The van der Waals surface area contributed by atoms with Crippen LogP contribution in [0.25, 0.3) is 0 Å². The number of benzene rings is 1. The molecule has 0 aromatic heterocycles. The van der Waals surface area contributed by atoms with Crippen molar-refractivity contribution in [2.24, 2.45) is 5.92 Å². The van der Waals surface area contributed by atoms with E-state index in [9.17, 15) is 13.2 Å². The zero-order valence-corrected chi connectivity index (χ0v) is 9.49. The summed E-state index contributed by atoms with van der Waals surface area (Å²) in [6.45, 7) is 5.63. The molecule has 0 heterocycles. The lowest BCUT2D eigenvalue weighted by molar-refractivity contribution is 0.444. The molecule has 0 aliphatic carbocycles. The predicted octanol–water partition coefficient (Wildman–Crippen LogP) is 2.89. The molecule has 0 saturated heterocycles. The molecule has 1 nitrogen and oxygen atoms in total. The van der Waals surface area contributed by atoms with Crippen LogP contribution >= 0.6 is 0 Å². The minimum Gasteiger partial charge on any atom is -0.316 e. The van der Waals surface area contributed by atoms with E-state index in [1.54, 1.807) is 0 Å². The molecule has 0 unspecified atom stereocenters. The maximum Gasteiger partial charge on any atom is 0.194 e. The Bertz CT molecular complexity index is 327. The quantitative estimate of drug-likeness (QED) is 0.607. The van der Waals surface area contributed by atoms with Crippen molar-refractivity contribution in [2.75, 3.05) is 13.1 Å². The molecule has 90 valence electrons. The molecule has 0 amide bonds. The van der Waals surface area contributed by atoms with Crippen LogP contribution in [0, 0.1) is 23.4 Å². The first kappa shape index (κ1) is 13.0. The number of rotatable bonds is 5. The van der Waals surface area contributed by atoms with Crippen LogP contribution in [0.1, 0.15) is 19.4 Å². The summed E-state index contributed by atoms with van der Waals surface area (Å²) in [4.78, 5) is 0. The van der Waals surface area contributed by atoms with E-state index >= 15 is 0 Å². The van der Waals surface area contributed by atoms with Crippen molar-refractivity contribution in [1.82, 2.24) is 5.32 Å². The summed E-state index contributed by atoms with van der Waals surface area (Å²) in [5.74, 6) is -3.13. The van der Waals surface area contributed by atoms with Crippen molar-refractivity contribution in [3.63, 3.8) is 0 Å². The summed E-state index contributed by atoms with van der Waals surface area (Å²) in [7, 11) is 0. The second-order valence-electron chi connectivity index (χ2n) is 4.22. The van der Waals surface area contributed by atoms with Crippen molar-refractivity contribution in [2.45, 2.75) is 20.3 Å². The van der Waals surface area contributed by atoms with Crippen molar-refractivity contribution in [3.8, 4) is 0 Å². The van der Waals surface area contributed by atoms with Gasteiger partial charge in [0, 0.05) is 0 Å². The molecule has 1 aromatic rings. The average molecular weight is 231 g/mol. The van der Waals surface area contributed by atoms with Gasteiger partial charge in [-0.25, -0.2) is 13.2 Å². The van der Waals surface area contributed by atoms with E-state index in [0.717, 1.165) is 18.7 Å². The lowest BCUT2D eigenvalue weighted by atomic mass is 10.1. The third-order valence-electron chi connectivity index (χ3n) is 2.19. The van der Waals surface area contributed by atoms with E-state index in [0.29, 0.717) is 24.4 Å². The molecule has 1 aromatic carbocycles. The Labute approximate surface area is 93.7 Å². The first-order chi connectivity index (χ1) is 7.50. The predicted molar refractivity (Wildman–Crippen MR) is 57.7 cm³/mol. The molecule has 0 aliphatic rings. The highest BCUT2D eigenvalue weighted by atomic mass is 19.2. The maximum atomic E-state index is 12.8.